The van der Waals surface area contributed by atoms with Crippen LogP contribution in [0.3, 0.4) is 0 Å². The number of aromatic nitrogens is 1. The van der Waals surface area contributed by atoms with E-state index >= 15 is 0 Å². The summed E-state index contributed by atoms with van der Waals surface area (Å²) in [4.78, 5) is 16.8. The number of hydrogen-bond acceptors (Lipinski definition) is 7. The lowest BCUT2D eigenvalue weighted by atomic mass is 10.1. The minimum atomic E-state index is -0.618. The number of nitrogen functional groups attached to an aromatic ring is 1. The number of anilines is 2. The molecule has 0 saturated carbocycles. The minimum Gasteiger partial charge on any atom is -0.464 e. The van der Waals surface area contributed by atoms with Crippen molar-refractivity contribution in [1.29, 1.82) is 5.26 Å². The summed E-state index contributed by atoms with van der Waals surface area (Å²) in [7, 11) is 3.35. The molecule has 1 aromatic carbocycles. The largest absolute Gasteiger partial charge is 0.464 e. The fourth-order valence-corrected chi connectivity index (χ4v) is 3.28. The number of nitrogens with two attached hydrogens (primary N) is 1. The van der Waals surface area contributed by atoms with E-state index in [0.29, 0.717) is 11.3 Å². The second kappa shape index (κ2) is 7.70. The number of carbonyl (C=O) groups is 1. The Hall–Kier alpha value is -3.02. The first kappa shape index (κ1) is 18.8. The third-order valence-electron chi connectivity index (χ3n) is 4.87. The molecule has 0 aliphatic carbocycles. The van der Waals surface area contributed by atoms with Crippen molar-refractivity contribution in [2.75, 3.05) is 51.0 Å². The predicted molar refractivity (Wildman–Crippen MR) is 102 cm³/mol. The highest BCUT2D eigenvalue weighted by molar-refractivity contribution is 5.96. The molecule has 0 radical (unpaired) electrons. The molecule has 3 N–H and O–H groups in total. The number of rotatable bonds is 4. The highest BCUT2D eigenvalue weighted by Crippen LogP contribution is 2.32. The number of esters is 1. The van der Waals surface area contributed by atoms with Gasteiger partial charge in [-0.25, -0.2) is 4.79 Å². The second-order valence-corrected chi connectivity index (χ2v) is 6.55. The molecule has 2 heterocycles. The molecule has 0 atom stereocenters. The molecule has 8 heteroatoms. The van der Waals surface area contributed by atoms with Crippen LogP contribution in [-0.2, 0) is 11.3 Å². The van der Waals surface area contributed by atoms with E-state index in [9.17, 15) is 15.2 Å². The van der Waals surface area contributed by atoms with E-state index < -0.39 is 5.97 Å². The van der Waals surface area contributed by atoms with Crippen LogP contribution in [0.1, 0.15) is 21.6 Å². The van der Waals surface area contributed by atoms with Crippen LogP contribution in [0.25, 0.3) is 5.69 Å². The minimum absolute atomic E-state index is 0.0862. The zero-order chi connectivity index (χ0) is 19.6. The zero-order valence-electron chi connectivity index (χ0n) is 15.5. The van der Waals surface area contributed by atoms with Gasteiger partial charge in [-0.3, -0.25) is 0 Å². The lowest BCUT2D eigenvalue weighted by Crippen LogP contribution is -2.44. The molecule has 2 aromatic rings. The summed E-state index contributed by atoms with van der Waals surface area (Å²) in [6.45, 7) is 3.37. The van der Waals surface area contributed by atoms with Gasteiger partial charge in [0.15, 0.2) is 5.69 Å². The summed E-state index contributed by atoms with van der Waals surface area (Å²) < 4.78 is 6.46. The van der Waals surface area contributed by atoms with Gasteiger partial charge in [0, 0.05) is 32.4 Å². The number of nitriles is 1. The molecule has 27 heavy (non-hydrogen) atoms. The number of ether oxygens (including phenoxy) is 1. The summed E-state index contributed by atoms with van der Waals surface area (Å²) in [5.41, 5.74) is 8.72. The summed E-state index contributed by atoms with van der Waals surface area (Å²) in [6.07, 6.45) is 1.54. The van der Waals surface area contributed by atoms with Gasteiger partial charge in [-0.15, -0.1) is 0 Å². The van der Waals surface area contributed by atoms with Crippen LogP contribution in [0.4, 0.5) is 11.4 Å². The summed E-state index contributed by atoms with van der Waals surface area (Å²) in [6, 6.07) is 7.60. The van der Waals surface area contributed by atoms with E-state index in [1.165, 1.54) is 13.3 Å². The van der Waals surface area contributed by atoms with Crippen molar-refractivity contribution in [2.24, 2.45) is 0 Å². The van der Waals surface area contributed by atoms with Gasteiger partial charge >= 0.3 is 5.97 Å². The number of hydrogen-bond donors (Lipinski definition) is 2. The monoisotopic (exact) mass is 369 g/mol. The van der Waals surface area contributed by atoms with Gasteiger partial charge in [-0.1, -0.05) is 6.07 Å². The molecule has 0 bridgehead atoms. The van der Waals surface area contributed by atoms with Crippen molar-refractivity contribution in [2.45, 2.75) is 6.61 Å². The van der Waals surface area contributed by atoms with Crippen molar-refractivity contribution in [3.63, 3.8) is 0 Å². The Kier molecular flexibility index (Phi) is 5.35. The molecule has 0 spiro atoms. The molecule has 3 rings (SSSR count). The Morgan fingerprint density at radius 1 is 1.30 bits per heavy atom. The number of piperazine rings is 1. The third-order valence-corrected chi connectivity index (χ3v) is 4.87. The number of benzene rings is 1. The smallest absolute Gasteiger partial charge is 0.357 e. The quantitative estimate of drug-likeness (QED) is 0.773. The summed E-state index contributed by atoms with van der Waals surface area (Å²) in [5, 5.41) is 18.9. The fraction of sp³-hybridized carbons (Fsp3) is 0.368. The van der Waals surface area contributed by atoms with E-state index in [-0.39, 0.29) is 23.6 Å². The van der Waals surface area contributed by atoms with E-state index in [0.717, 1.165) is 31.9 Å². The molecule has 1 aromatic heterocycles. The molecule has 1 saturated heterocycles. The van der Waals surface area contributed by atoms with Crippen LogP contribution >= 0.6 is 0 Å². The van der Waals surface area contributed by atoms with Crippen LogP contribution in [0.2, 0.25) is 0 Å². The molecule has 0 unspecified atom stereocenters. The van der Waals surface area contributed by atoms with Gasteiger partial charge in [0.1, 0.15) is 6.07 Å². The first-order valence-corrected chi connectivity index (χ1v) is 8.67. The normalized spacial score (nSPS) is 14.8. The van der Waals surface area contributed by atoms with Gasteiger partial charge in [0.05, 0.1) is 36.3 Å². The molecular formula is C19H23N5O3. The van der Waals surface area contributed by atoms with Gasteiger partial charge in [0.25, 0.3) is 0 Å². The summed E-state index contributed by atoms with van der Waals surface area (Å²) in [5.74, 6) is -0.618. The maximum Gasteiger partial charge on any atom is 0.357 e. The van der Waals surface area contributed by atoms with E-state index in [2.05, 4.69) is 16.8 Å². The number of aliphatic hydroxyl groups is 1. The zero-order valence-corrected chi connectivity index (χ0v) is 15.5. The Bertz CT molecular complexity index is 891. The Morgan fingerprint density at radius 2 is 2.00 bits per heavy atom. The third kappa shape index (κ3) is 3.47. The predicted octanol–water partition coefficient (Wildman–Crippen LogP) is 0.962. The maximum atomic E-state index is 12.3. The number of likely N-dealkylation sites (N-methyl/N-ethyl adjacent to an activating group) is 1. The number of methoxy groups -OCH3 is 1. The van der Waals surface area contributed by atoms with Crippen molar-refractivity contribution in [3.8, 4) is 11.8 Å². The standard InChI is InChI=1S/C19H23N5O3/c1-22-5-7-23(8-6-22)15-4-3-13(12-25)9-16(15)24-11-14(10-20)17(21)18(24)19(26)27-2/h3-4,9,11,25H,5-8,12,21H2,1-2H3. The number of aliphatic hydroxyl groups excluding tert-OH is 1. The number of nitrogens with zero attached hydrogens (tertiary/aromatic N) is 4. The molecular weight excluding hydrogens is 346 g/mol. The average molecular weight is 369 g/mol. The molecule has 1 aliphatic heterocycles. The summed E-state index contributed by atoms with van der Waals surface area (Å²) >= 11 is 0. The van der Waals surface area contributed by atoms with E-state index in [1.807, 2.05) is 18.2 Å². The van der Waals surface area contributed by atoms with E-state index in [1.54, 1.807) is 10.6 Å². The Balaban J connectivity index is 2.18. The number of carbonyl (C=O) groups excluding carboxylic acids is 1. The average Bonchev–Trinajstić information content (AvgIpc) is 3.03. The Labute approximate surface area is 158 Å². The maximum absolute atomic E-state index is 12.3. The van der Waals surface area contributed by atoms with Gasteiger partial charge in [-0.05, 0) is 24.7 Å². The van der Waals surface area contributed by atoms with Crippen LogP contribution in [-0.4, -0.2) is 60.9 Å². The van der Waals surface area contributed by atoms with Crippen LogP contribution in [0, 0.1) is 11.3 Å². The molecule has 0 amide bonds. The SMILES string of the molecule is COC(=O)c1c(N)c(C#N)cn1-c1cc(CO)ccc1N1CCN(C)CC1. The van der Waals surface area contributed by atoms with Crippen molar-refractivity contribution in [3.05, 3.63) is 41.2 Å². The first-order chi connectivity index (χ1) is 13.0. The topological polar surface area (TPSA) is 108 Å². The molecule has 1 fully saturated rings. The molecule has 8 nitrogen and oxygen atoms in total. The fourth-order valence-electron chi connectivity index (χ4n) is 3.28. The van der Waals surface area contributed by atoms with Crippen LogP contribution in [0.5, 0.6) is 0 Å². The lowest BCUT2D eigenvalue weighted by Gasteiger charge is -2.35. The Morgan fingerprint density at radius 3 is 2.59 bits per heavy atom. The van der Waals surface area contributed by atoms with Crippen molar-refractivity contribution < 1.29 is 14.6 Å². The highest BCUT2D eigenvalue weighted by Gasteiger charge is 2.25. The van der Waals surface area contributed by atoms with Gasteiger partial charge < -0.3 is 29.9 Å². The van der Waals surface area contributed by atoms with Crippen molar-refractivity contribution in [1.82, 2.24) is 9.47 Å². The first-order valence-electron chi connectivity index (χ1n) is 8.67. The highest BCUT2D eigenvalue weighted by atomic mass is 16.5. The molecule has 1 aliphatic rings. The second-order valence-electron chi connectivity index (χ2n) is 6.55. The van der Waals surface area contributed by atoms with Crippen LogP contribution in [0.15, 0.2) is 24.4 Å². The molecule has 142 valence electrons. The van der Waals surface area contributed by atoms with Gasteiger partial charge in [-0.2, -0.15) is 5.26 Å². The van der Waals surface area contributed by atoms with Crippen molar-refractivity contribution >= 4 is 17.3 Å². The lowest BCUT2D eigenvalue weighted by molar-refractivity contribution is 0.0593. The van der Waals surface area contributed by atoms with Crippen LogP contribution < -0.4 is 10.6 Å². The van der Waals surface area contributed by atoms with Gasteiger partial charge in [0.2, 0.25) is 0 Å². The van der Waals surface area contributed by atoms with E-state index in [4.69, 9.17) is 10.5 Å².